The van der Waals surface area contributed by atoms with Crippen molar-refractivity contribution in [1.29, 1.82) is 0 Å². The van der Waals surface area contributed by atoms with Crippen molar-refractivity contribution in [1.82, 2.24) is 19.9 Å². The van der Waals surface area contributed by atoms with Crippen molar-refractivity contribution in [3.8, 4) is 0 Å². The minimum Gasteiger partial charge on any atom is -0.368 e. The largest absolute Gasteiger partial charge is 0.368 e. The first-order chi connectivity index (χ1) is 13.6. The third kappa shape index (κ3) is 3.49. The van der Waals surface area contributed by atoms with E-state index in [0.29, 0.717) is 0 Å². The lowest BCUT2D eigenvalue weighted by molar-refractivity contribution is -0.122. The molecule has 0 bridgehead atoms. The average Bonchev–Trinajstić information content (AvgIpc) is 3.27. The second-order valence-electron chi connectivity index (χ2n) is 6.29. The third-order valence-electron chi connectivity index (χ3n) is 4.56. The maximum Gasteiger partial charge on any atom is 0.271 e. The molecule has 0 unspecified atom stereocenters. The van der Waals surface area contributed by atoms with E-state index in [-0.39, 0.29) is 23.6 Å². The normalized spacial score (nSPS) is 18.6. The van der Waals surface area contributed by atoms with Crippen LogP contribution in [0.1, 0.15) is 43.8 Å². The Hall–Kier alpha value is -3.54. The molecule has 13 heteroatoms. The van der Waals surface area contributed by atoms with Gasteiger partial charge in [0.1, 0.15) is 11.9 Å². The van der Waals surface area contributed by atoms with Crippen molar-refractivity contribution in [3.05, 3.63) is 46.0 Å². The number of benzene rings is 1. The molecule has 2 aromatic rings. The first-order valence-electron chi connectivity index (χ1n) is 8.23. The van der Waals surface area contributed by atoms with Gasteiger partial charge in [-0.15, -0.1) is 5.10 Å². The summed E-state index contributed by atoms with van der Waals surface area (Å²) in [6.07, 6.45) is 0.149. The van der Waals surface area contributed by atoms with Crippen molar-refractivity contribution < 1.29 is 23.6 Å². The van der Waals surface area contributed by atoms with Crippen LogP contribution >= 0.6 is 11.6 Å². The summed E-state index contributed by atoms with van der Waals surface area (Å²) in [5, 5.41) is 7.00. The zero-order chi connectivity index (χ0) is 21.5. The Morgan fingerprint density at radius 2 is 1.83 bits per heavy atom. The van der Waals surface area contributed by atoms with Gasteiger partial charge in [0.25, 0.3) is 17.7 Å². The minimum atomic E-state index is -1.24. The lowest BCUT2D eigenvalue weighted by atomic mass is 10.1. The Bertz CT molecular complexity index is 1040. The van der Waals surface area contributed by atoms with Gasteiger partial charge >= 0.3 is 0 Å². The quantitative estimate of drug-likeness (QED) is 0.566. The number of likely N-dealkylation sites (tertiary alicyclic amines) is 1. The van der Waals surface area contributed by atoms with Crippen LogP contribution in [0, 0.1) is 5.82 Å². The Morgan fingerprint density at radius 1 is 1.14 bits per heavy atom. The van der Waals surface area contributed by atoms with Gasteiger partial charge in [-0.1, -0.05) is 16.8 Å². The fourth-order valence-electron chi connectivity index (χ4n) is 3.32. The summed E-state index contributed by atoms with van der Waals surface area (Å²) in [6.45, 7) is 0.0517. The molecule has 1 saturated heterocycles. The Morgan fingerprint density at radius 3 is 2.38 bits per heavy atom. The molecule has 1 aromatic carbocycles. The molecule has 29 heavy (non-hydrogen) atoms. The molecule has 1 aromatic heterocycles. The van der Waals surface area contributed by atoms with Crippen LogP contribution < -0.4 is 17.2 Å². The molecule has 3 rings (SSSR count). The van der Waals surface area contributed by atoms with Crippen LogP contribution in [0.2, 0.25) is 5.02 Å². The molecule has 2 atom stereocenters. The zero-order valence-corrected chi connectivity index (χ0v) is 15.5. The van der Waals surface area contributed by atoms with Gasteiger partial charge in [0.05, 0.1) is 11.1 Å². The fourth-order valence-corrected chi connectivity index (χ4v) is 3.50. The molecule has 1 fully saturated rings. The number of primary amides is 3. The van der Waals surface area contributed by atoms with Crippen LogP contribution in [-0.2, 0) is 4.79 Å². The van der Waals surface area contributed by atoms with E-state index in [9.17, 15) is 23.6 Å². The van der Waals surface area contributed by atoms with Gasteiger partial charge in [-0.05, 0) is 24.6 Å². The first-order valence-corrected chi connectivity index (χ1v) is 8.61. The highest BCUT2D eigenvalue weighted by Gasteiger charge is 2.44. The second kappa shape index (κ2) is 7.47. The standard InChI is InChI=1S/C16H15ClFN7O4/c17-7-5-6(1-2-8(7)18)16(29)24-4-3-9(11(24)14(20)27)25-12(15(21)28)10(13(19)26)22-23-25/h1-2,5,9,11H,3-4H2,(H2,19,26)(H2,20,27)(H2,21,28)/t9-,11-/m0/s1. The minimum absolute atomic E-state index is 0.0369. The molecule has 1 aliphatic heterocycles. The summed E-state index contributed by atoms with van der Waals surface area (Å²) in [5.41, 5.74) is 15.2. The van der Waals surface area contributed by atoms with Gasteiger partial charge in [0.15, 0.2) is 11.4 Å². The van der Waals surface area contributed by atoms with Crippen molar-refractivity contribution in [2.24, 2.45) is 17.2 Å². The number of nitrogens with two attached hydrogens (primary N) is 3. The van der Waals surface area contributed by atoms with E-state index >= 15 is 0 Å². The van der Waals surface area contributed by atoms with E-state index in [1.807, 2.05) is 0 Å². The highest BCUT2D eigenvalue weighted by molar-refractivity contribution is 6.31. The number of rotatable bonds is 5. The van der Waals surface area contributed by atoms with Crippen molar-refractivity contribution in [2.75, 3.05) is 6.54 Å². The van der Waals surface area contributed by atoms with Crippen molar-refractivity contribution in [3.63, 3.8) is 0 Å². The maximum atomic E-state index is 13.4. The number of carbonyl (C=O) groups excluding carboxylic acids is 4. The number of aromatic nitrogens is 3. The van der Waals surface area contributed by atoms with Crippen molar-refractivity contribution >= 4 is 35.2 Å². The van der Waals surface area contributed by atoms with Gasteiger partial charge in [0, 0.05) is 12.1 Å². The lowest BCUT2D eigenvalue weighted by Gasteiger charge is -2.26. The molecule has 11 nitrogen and oxygen atoms in total. The average molecular weight is 424 g/mol. The summed E-state index contributed by atoms with van der Waals surface area (Å²) in [6, 6.07) is 1.19. The molecular weight excluding hydrogens is 409 g/mol. The molecule has 152 valence electrons. The van der Waals surface area contributed by atoms with Gasteiger partial charge in [-0.3, -0.25) is 19.2 Å². The number of carbonyl (C=O) groups is 4. The van der Waals surface area contributed by atoms with Crippen LogP contribution in [0.3, 0.4) is 0 Å². The van der Waals surface area contributed by atoms with Crippen LogP contribution in [0.25, 0.3) is 0 Å². The number of halogens is 2. The van der Waals surface area contributed by atoms with E-state index in [1.54, 1.807) is 0 Å². The van der Waals surface area contributed by atoms with Gasteiger partial charge in [-0.2, -0.15) is 0 Å². The zero-order valence-electron chi connectivity index (χ0n) is 14.7. The smallest absolute Gasteiger partial charge is 0.271 e. The van der Waals surface area contributed by atoms with Crippen LogP contribution in [-0.4, -0.2) is 56.1 Å². The number of hydrogen-bond donors (Lipinski definition) is 3. The predicted octanol–water partition coefficient (Wildman–Crippen LogP) is -0.790. The molecule has 2 heterocycles. The summed E-state index contributed by atoms with van der Waals surface area (Å²) < 4.78 is 14.4. The van der Waals surface area contributed by atoms with Crippen LogP contribution in [0.5, 0.6) is 0 Å². The van der Waals surface area contributed by atoms with E-state index < -0.39 is 52.9 Å². The topological polar surface area (TPSA) is 180 Å². The molecule has 1 aliphatic rings. The van der Waals surface area contributed by atoms with Crippen molar-refractivity contribution in [2.45, 2.75) is 18.5 Å². The maximum absolute atomic E-state index is 13.4. The fraction of sp³-hybridized carbons (Fsp3) is 0.250. The van der Waals surface area contributed by atoms with E-state index in [4.69, 9.17) is 28.8 Å². The van der Waals surface area contributed by atoms with Gasteiger partial charge < -0.3 is 22.1 Å². The Kier molecular flexibility index (Phi) is 5.20. The summed E-state index contributed by atoms with van der Waals surface area (Å²) >= 11 is 5.72. The molecule has 6 N–H and O–H groups in total. The summed E-state index contributed by atoms with van der Waals surface area (Å²) in [4.78, 5) is 49.5. The molecule has 0 spiro atoms. The molecule has 4 amide bonds. The van der Waals surface area contributed by atoms with Gasteiger partial charge in [0.2, 0.25) is 5.91 Å². The van der Waals surface area contributed by atoms with Crippen LogP contribution in [0.4, 0.5) is 4.39 Å². The molecule has 0 aliphatic carbocycles. The predicted molar refractivity (Wildman–Crippen MR) is 96.1 cm³/mol. The van der Waals surface area contributed by atoms with E-state index in [2.05, 4.69) is 10.3 Å². The van der Waals surface area contributed by atoms with Gasteiger partial charge in [-0.25, -0.2) is 9.07 Å². The summed E-state index contributed by atoms with van der Waals surface area (Å²) in [5.74, 6) is -4.30. The highest BCUT2D eigenvalue weighted by atomic mass is 35.5. The Balaban J connectivity index is 2.01. The first kappa shape index (κ1) is 20.2. The highest BCUT2D eigenvalue weighted by Crippen LogP contribution is 2.31. The monoisotopic (exact) mass is 423 g/mol. The molecule has 0 saturated carbocycles. The summed E-state index contributed by atoms with van der Waals surface area (Å²) in [7, 11) is 0. The van der Waals surface area contributed by atoms with E-state index in [1.165, 1.54) is 6.07 Å². The Labute approximate surface area is 167 Å². The van der Waals surface area contributed by atoms with Crippen LogP contribution in [0.15, 0.2) is 18.2 Å². The molecular formula is C16H15ClFN7O4. The lowest BCUT2D eigenvalue weighted by Crippen LogP contribution is -2.47. The molecule has 0 radical (unpaired) electrons. The number of nitrogens with zero attached hydrogens (tertiary/aromatic N) is 4. The number of hydrogen-bond acceptors (Lipinski definition) is 6. The SMILES string of the molecule is NC(=O)c1nnn([C@H]2CCN(C(=O)c3ccc(F)c(Cl)c3)[C@@H]2C(N)=O)c1C(N)=O. The second-order valence-corrected chi connectivity index (χ2v) is 6.70. The third-order valence-corrected chi connectivity index (χ3v) is 4.85. The van der Waals surface area contributed by atoms with E-state index in [0.717, 1.165) is 21.7 Å². The number of amides is 4.